The number of hydrogen-bond acceptors (Lipinski definition) is 3. The molecule has 3 rings (SSSR count). The zero-order valence-corrected chi connectivity index (χ0v) is 15.8. The van der Waals surface area contributed by atoms with Crippen LogP contribution < -0.4 is 4.74 Å². The minimum Gasteiger partial charge on any atom is -0.504 e. The highest BCUT2D eigenvalue weighted by Gasteiger charge is 2.20. The summed E-state index contributed by atoms with van der Waals surface area (Å²) >= 11 is 12.0. The Kier molecular flexibility index (Phi) is 5.70. The summed E-state index contributed by atoms with van der Waals surface area (Å²) < 4.78 is 5.12. The van der Waals surface area contributed by atoms with E-state index >= 15 is 0 Å². The smallest absolute Gasteiger partial charge is 0.185 e. The van der Waals surface area contributed by atoms with Crippen molar-refractivity contribution in [3.63, 3.8) is 0 Å². The largest absolute Gasteiger partial charge is 0.504 e. The van der Waals surface area contributed by atoms with E-state index in [-0.39, 0.29) is 11.5 Å². The number of phenolic OH excluding ortho intramolecular Hbond substituents is 1. The second-order valence-corrected chi connectivity index (χ2v) is 6.94. The van der Waals surface area contributed by atoms with E-state index in [1.807, 2.05) is 18.2 Å². The number of halogens is 2. The molecule has 0 radical (unpaired) electrons. The highest BCUT2D eigenvalue weighted by molar-refractivity contribution is 6.42. The molecular weight excluding hydrogens is 371 g/mol. The van der Waals surface area contributed by atoms with E-state index in [0.29, 0.717) is 15.8 Å². The van der Waals surface area contributed by atoms with Crippen molar-refractivity contribution in [1.29, 1.82) is 0 Å². The number of rotatable bonds is 3. The summed E-state index contributed by atoms with van der Waals surface area (Å²) in [5.41, 5.74) is 3.18. The molecule has 0 unspecified atom stereocenters. The number of allylic oxidation sites excluding steroid dienone is 2. The summed E-state index contributed by atoms with van der Waals surface area (Å²) in [5, 5.41) is 10.7. The minimum absolute atomic E-state index is 0.0364. The Labute approximate surface area is 162 Å². The topological polar surface area (TPSA) is 46.5 Å². The maximum Gasteiger partial charge on any atom is 0.185 e. The van der Waals surface area contributed by atoms with E-state index in [1.165, 1.54) is 7.11 Å². The van der Waals surface area contributed by atoms with E-state index in [9.17, 15) is 9.90 Å². The van der Waals surface area contributed by atoms with Gasteiger partial charge in [-0.1, -0.05) is 35.3 Å². The first-order chi connectivity index (χ1) is 12.5. The van der Waals surface area contributed by atoms with Gasteiger partial charge in [-0.3, -0.25) is 4.79 Å². The summed E-state index contributed by atoms with van der Waals surface area (Å²) in [7, 11) is 1.50. The molecule has 0 saturated heterocycles. The number of hydrogen-bond donors (Lipinski definition) is 1. The van der Waals surface area contributed by atoms with Crippen LogP contribution >= 0.6 is 23.2 Å². The number of methoxy groups -OCH3 is 1. The maximum atomic E-state index is 12.8. The molecule has 0 amide bonds. The molecule has 134 valence electrons. The number of carbonyl (C=O) groups is 1. The van der Waals surface area contributed by atoms with Gasteiger partial charge in [-0.05, 0) is 66.8 Å². The van der Waals surface area contributed by atoms with Crippen molar-refractivity contribution in [2.45, 2.75) is 19.3 Å². The maximum absolute atomic E-state index is 12.8. The Balaban J connectivity index is 1.89. The zero-order valence-electron chi connectivity index (χ0n) is 14.3. The fraction of sp³-hybridized carbons (Fsp3) is 0.190. The van der Waals surface area contributed by atoms with Gasteiger partial charge in [0.15, 0.2) is 17.3 Å². The summed E-state index contributed by atoms with van der Waals surface area (Å²) in [6.07, 6.45) is 6.08. The third-order valence-corrected chi connectivity index (χ3v) is 5.04. The van der Waals surface area contributed by atoms with Gasteiger partial charge in [-0.2, -0.15) is 0 Å². The van der Waals surface area contributed by atoms with E-state index in [4.69, 9.17) is 27.9 Å². The van der Waals surface area contributed by atoms with Crippen molar-refractivity contribution in [2.24, 2.45) is 0 Å². The SMILES string of the molecule is COc1cc(/C=C2\CCC/C(=C\c3ccc(Cl)c(Cl)c3)C2=O)ccc1O. The van der Waals surface area contributed by atoms with Crippen molar-refractivity contribution in [2.75, 3.05) is 7.11 Å². The molecule has 0 heterocycles. The quantitative estimate of drug-likeness (QED) is 0.662. The first-order valence-corrected chi connectivity index (χ1v) is 9.01. The molecule has 2 aromatic carbocycles. The normalized spacial score (nSPS) is 17.7. The average Bonchev–Trinajstić information content (AvgIpc) is 2.63. The van der Waals surface area contributed by atoms with Crippen molar-refractivity contribution in [3.05, 3.63) is 68.7 Å². The number of Topliss-reactive ketones (excluding diaryl/α,β-unsaturated/α-hetero) is 1. The molecule has 1 fully saturated rings. The molecule has 1 saturated carbocycles. The van der Waals surface area contributed by atoms with E-state index in [1.54, 1.807) is 30.3 Å². The fourth-order valence-electron chi connectivity index (χ4n) is 2.97. The number of ether oxygens (including phenoxy) is 1. The molecule has 0 aliphatic heterocycles. The summed E-state index contributed by atoms with van der Waals surface area (Å²) in [5.74, 6) is 0.494. The van der Waals surface area contributed by atoms with E-state index < -0.39 is 0 Å². The molecule has 1 aliphatic rings. The van der Waals surface area contributed by atoms with E-state index in [0.717, 1.165) is 41.5 Å². The first-order valence-electron chi connectivity index (χ1n) is 8.26. The Morgan fingerprint density at radius 2 is 1.58 bits per heavy atom. The highest BCUT2D eigenvalue weighted by Crippen LogP contribution is 2.32. The number of phenols is 1. The van der Waals surface area contributed by atoms with Crippen LogP contribution in [-0.4, -0.2) is 18.0 Å². The molecule has 5 heteroatoms. The standard InChI is InChI=1S/C21H18Cl2O3/c1-26-20-12-14(6-8-19(20)24)10-16-4-2-3-15(21(16)25)9-13-5-7-17(22)18(23)11-13/h5-12,24H,2-4H2,1H3/b15-9+,16-10+. The van der Waals surface area contributed by atoms with Gasteiger partial charge in [0.05, 0.1) is 17.2 Å². The van der Waals surface area contributed by atoms with Crippen molar-refractivity contribution in [1.82, 2.24) is 0 Å². The van der Waals surface area contributed by atoms with Crippen LogP contribution in [0.25, 0.3) is 12.2 Å². The number of aromatic hydroxyl groups is 1. The van der Waals surface area contributed by atoms with Gasteiger partial charge >= 0.3 is 0 Å². The Morgan fingerprint density at radius 3 is 2.19 bits per heavy atom. The minimum atomic E-state index is 0.0364. The molecule has 1 aliphatic carbocycles. The van der Waals surface area contributed by atoms with Crippen LogP contribution in [0.1, 0.15) is 30.4 Å². The Hall–Kier alpha value is -2.23. The molecule has 1 N–H and O–H groups in total. The molecule has 0 bridgehead atoms. The van der Waals surface area contributed by atoms with Gasteiger partial charge in [0.25, 0.3) is 0 Å². The van der Waals surface area contributed by atoms with Gasteiger partial charge in [0.2, 0.25) is 0 Å². The third kappa shape index (κ3) is 4.12. The van der Waals surface area contributed by atoms with Crippen molar-refractivity contribution in [3.8, 4) is 11.5 Å². The van der Waals surface area contributed by atoms with Gasteiger partial charge < -0.3 is 9.84 Å². The summed E-state index contributed by atoms with van der Waals surface area (Å²) in [4.78, 5) is 12.8. The molecule has 3 nitrogen and oxygen atoms in total. The number of benzene rings is 2. The van der Waals surface area contributed by atoms with Crippen molar-refractivity contribution >= 4 is 41.1 Å². The monoisotopic (exact) mass is 388 g/mol. The average molecular weight is 389 g/mol. The van der Waals surface area contributed by atoms with Gasteiger partial charge in [0.1, 0.15) is 0 Å². The van der Waals surface area contributed by atoms with Crippen LogP contribution in [0.5, 0.6) is 11.5 Å². The molecule has 26 heavy (non-hydrogen) atoms. The Bertz CT molecular complexity index is 913. The van der Waals surface area contributed by atoms with Crippen LogP contribution in [0.2, 0.25) is 10.0 Å². The molecular formula is C21H18Cl2O3. The summed E-state index contributed by atoms with van der Waals surface area (Å²) in [6, 6.07) is 10.4. The van der Waals surface area contributed by atoms with Crippen LogP contribution in [0.3, 0.4) is 0 Å². The van der Waals surface area contributed by atoms with Gasteiger partial charge in [-0.15, -0.1) is 0 Å². The van der Waals surface area contributed by atoms with Crippen LogP contribution in [0.4, 0.5) is 0 Å². The molecule has 0 aromatic heterocycles. The predicted molar refractivity (Wildman–Crippen MR) is 106 cm³/mol. The highest BCUT2D eigenvalue weighted by atomic mass is 35.5. The molecule has 2 aromatic rings. The lowest BCUT2D eigenvalue weighted by Crippen LogP contribution is -2.12. The van der Waals surface area contributed by atoms with Crippen molar-refractivity contribution < 1.29 is 14.6 Å². The lowest BCUT2D eigenvalue weighted by Gasteiger charge is -2.17. The first kappa shape index (κ1) is 18.6. The zero-order chi connectivity index (χ0) is 18.7. The third-order valence-electron chi connectivity index (χ3n) is 4.30. The van der Waals surface area contributed by atoms with E-state index in [2.05, 4.69) is 0 Å². The van der Waals surface area contributed by atoms with Crippen LogP contribution in [0.15, 0.2) is 47.5 Å². The van der Waals surface area contributed by atoms with Crippen LogP contribution in [0, 0.1) is 0 Å². The lowest BCUT2D eigenvalue weighted by molar-refractivity contribution is -0.112. The second kappa shape index (κ2) is 7.98. The molecule has 0 atom stereocenters. The van der Waals surface area contributed by atoms with Crippen LogP contribution in [-0.2, 0) is 4.79 Å². The number of ketones is 1. The van der Waals surface area contributed by atoms with Gasteiger partial charge in [0, 0.05) is 11.1 Å². The van der Waals surface area contributed by atoms with Gasteiger partial charge in [-0.25, -0.2) is 0 Å². The second-order valence-electron chi connectivity index (χ2n) is 6.13. The fourth-order valence-corrected chi connectivity index (χ4v) is 3.27. The number of carbonyl (C=O) groups excluding carboxylic acids is 1. The Morgan fingerprint density at radius 1 is 0.962 bits per heavy atom. The summed E-state index contributed by atoms with van der Waals surface area (Å²) in [6.45, 7) is 0. The lowest BCUT2D eigenvalue weighted by atomic mass is 9.87. The predicted octanol–water partition coefficient (Wildman–Crippen LogP) is 5.93. The molecule has 0 spiro atoms.